The van der Waals surface area contributed by atoms with E-state index in [0.717, 1.165) is 0 Å². The highest BCUT2D eigenvalue weighted by molar-refractivity contribution is 6.20. The van der Waals surface area contributed by atoms with Crippen LogP contribution in [-0.4, -0.2) is 31.1 Å². The van der Waals surface area contributed by atoms with Crippen LogP contribution in [0.1, 0.15) is 21.0 Å². The van der Waals surface area contributed by atoms with Crippen LogP contribution >= 0.6 is 0 Å². The third-order valence-corrected chi connectivity index (χ3v) is 3.58. The first kappa shape index (κ1) is 13.3. The van der Waals surface area contributed by atoms with Gasteiger partial charge in [-0.1, -0.05) is 6.07 Å². The zero-order chi connectivity index (χ0) is 16.0. The molecule has 0 unspecified atom stereocenters. The second-order valence-corrected chi connectivity index (χ2v) is 5.00. The minimum atomic E-state index is -0.287. The molecule has 3 aromatic heterocycles. The van der Waals surface area contributed by atoms with Crippen molar-refractivity contribution in [2.45, 2.75) is 0 Å². The Kier molecular flexibility index (Phi) is 2.80. The van der Waals surface area contributed by atoms with Gasteiger partial charge in [0.25, 0.3) is 0 Å². The molecule has 0 aliphatic heterocycles. The minimum Gasteiger partial charge on any atom is -0.443 e. The van der Waals surface area contributed by atoms with Crippen LogP contribution in [0.5, 0.6) is 0 Å². The smallest absolute Gasteiger partial charge is 0.245 e. The number of hydrogen-bond donors (Lipinski definition) is 0. The zero-order valence-electron chi connectivity index (χ0n) is 12.1. The van der Waals surface area contributed by atoms with Gasteiger partial charge in [-0.05, 0) is 24.3 Å². The summed E-state index contributed by atoms with van der Waals surface area (Å²) in [5, 5.41) is 0. The predicted octanol–water partition coefficient (Wildman–Crippen LogP) is 2.07. The lowest BCUT2D eigenvalue weighted by Crippen LogP contribution is -2.14. The molecular weight excluding hydrogens is 296 g/mol. The van der Waals surface area contributed by atoms with Crippen LogP contribution < -0.4 is 0 Å². The van der Waals surface area contributed by atoms with Crippen molar-refractivity contribution in [3.05, 3.63) is 54.2 Å². The summed E-state index contributed by atoms with van der Waals surface area (Å²) in [5.41, 5.74) is 1.50. The van der Waals surface area contributed by atoms with E-state index < -0.39 is 0 Å². The van der Waals surface area contributed by atoms with Gasteiger partial charge in [-0.25, -0.2) is 15.0 Å². The number of aromatic nitrogens is 4. The maximum atomic E-state index is 12.0. The Morgan fingerprint density at radius 2 is 1.83 bits per heavy atom. The van der Waals surface area contributed by atoms with Gasteiger partial charge in [0.05, 0.1) is 6.20 Å². The summed E-state index contributed by atoms with van der Waals surface area (Å²) in [6.07, 6.45) is 5.49. The quantitative estimate of drug-likeness (QED) is 0.720. The molecule has 7 heteroatoms. The summed E-state index contributed by atoms with van der Waals surface area (Å²) in [6.45, 7) is 0. The lowest BCUT2D eigenvalue weighted by atomic mass is 10.1. The molecular formula is C16H10N4O3. The van der Waals surface area contributed by atoms with Crippen molar-refractivity contribution >= 4 is 11.6 Å². The molecule has 23 heavy (non-hydrogen) atoms. The van der Waals surface area contributed by atoms with Gasteiger partial charge in [0.1, 0.15) is 29.0 Å². The molecule has 1 aliphatic rings. The number of ketones is 2. The molecule has 4 rings (SSSR count). The Morgan fingerprint density at radius 1 is 1.04 bits per heavy atom. The van der Waals surface area contributed by atoms with Crippen molar-refractivity contribution in [3.8, 4) is 23.1 Å². The molecule has 0 fully saturated rings. The average molecular weight is 306 g/mol. The maximum absolute atomic E-state index is 12.0. The molecule has 0 saturated carbocycles. The summed E-state index contributed by atoms with van der Waals surface area (Å²) in [6, 6.07) is 5.30. The Balaban J connectivity index is 1.87. The van der Waals surface area contributed by atoms with Crippen molar-refractivity contribution in [2.75, 3.05) is 0 Å². The number of carbonyl (C=O) groups excluding carboxylic acids is 2. The van der Waals surface area contributed by atoms with Crippen molar-refractivity contribution in [2.24, 2.45) is 7.05 Å². The molecule has 0 amide bonds. The van der Waals surface area contributed by atoms with E-state index in [1.807, 2.05) is 0 Å². The van der Waals surface area contributed by atoms with Crippen molar-refractivity contribution in [3.63, 3.8) is 0 Å². The number of hydrogen-bond acceptors (Lipinski definition) is 6. The molecule has 3 aromatic rings. The van der Waals surface area contributed by atoms with Crippen LogP contribution in [0.3, 0.4) is 0 Å². The summed E-state index contributed by atoms with van der Waals surface area (Å²) in [7, 11) is 1.69. The Bertz CT molecular complexity index is 967. The lowest BCUT2D eigenvalue weighted by Gasteiger charge is -2.06. The van der Waals surface area contributed by atoms with Crippen LogP contribution in [0.15, 0.2) is 47.2 Å². The van der Waals surface area contributed by atoms with E-state index in [0.29, 0.717) is 23.1 Å². The largest absolute Gasteiger partial charge is 0.443 e. The Morgan fingerprint density at radius 3 is 2.57 bits per heavy atom. The third kappa shape index (κ3) is 2.02. The van der Waals surface area contributed by atoms with E-state index in [-0.39, 0.29) is 23.0 Å². The fourth-order valence-electron chi connectivity index (χ4n) is 2.52. The highest BCUT2D eigenvalue weighted by Gasteiger charge is 2.27. The highest BCUT2D eigenvalue weighted by Crippen LogP contribution is 2.25. The normalized spacial score (nSPS) is 13.4. The molecule has 7 nitrogen and oxygen atoms in total. The Hall–Kier alpha value is -3.35. The molecule has 1 aliphatic carbocycles. The second kappa shape index (κ2) is 4.84. The van der Waals surface area contributed by atoms with E-state index in [1.54, 1.807) is 29.8 Å². The van der Waals surface area contributed by atoms with Gasteiger partial charge in [0.2, 0.25) is 17.5 Å². The van der Waals surface area contributed by atoms with Gasteiger partial charge in [0, 0.05) is 7.05 Å². The number of allylic oxidation sites excluding steroid dienone is 2. The molecule has 112 valence electrons. The minimum absolute atomic E-state index is 0.151. The van der Waals surface area contributed by atoms with Gasteiger partial charge in [-0.2, -0.15) is 0 Å². The monoisotopic (exact) mass is 306 g/mol. The zero-order valence-corrected chi connectivity index (χ0v) is 12.1. The van der Waals surface area contributed by atoms with Gasteiger partial charge >= 0.3 is 0 Å². The number of pyridine rings is 1. The van der Waals surface area contributed by atoms with Crippen molar-refractivity contribution < 1.29 is 14.0 Å². The third-order valence-electron chi connectivity index (χ3n) is 3.58. The SMILES string of the molecule is Cn1c(-c2cccc(-c3ncco3)n2)nc2c1C(=O)C=CC2=O. The topological polar surface area (TPSA) is 90.9 Å². The summed E-state index contributed by atoms with van der Waals surface area (Å²) in [4.78, 5) is 36.7. The van der Waals surface area contributed by atoms with Gasteiger partial charge in [0.15, 0.2) is 5.82 Å². The number of fused-ring (bicyclic) bond motifs is 1. The molecule has 0 radical (unpaired) electrons. The summed E-state index contributed by atoms with van der Waals surface area (Å²) in [5.74, 6) is 0.295. The standard InChI is InChI=1S/C16H10N4O3/c1-20-14-12(22)6-5-11(21)13(14)19-15(20)9-3-2-4-10(18-9)16-17-7-8-23-16/h2-8H,1H3. The van der Waals surface area contributed by atoms with Gasteiger partial charge in [-0.15, -0.1) is 0 Å². The van der Waals surface area contributed by atoms with E-state index >= 15 is 0 Å². The number of rotatable bonds is 2. The second-order valence-electron chi connectivity index (χ2n) is 5.00. The summed E-state index contributed by atoms with van der Waals surface area (Å²) < 4.78 is 6.82. The van der Waals surface area contributed by atoms with E-state index in [4.69, 9.17) is 4.42 Å². The van der Waals surface area contributed by atoms with Crippen LogP contribution in [0.4, 0.5) is 0 Å². The first-order valence-electron chi connectivity index (χ1n) is 6.86. The van der Waals surface area contributed by atoms with E-state index in [1.165, 1.54) is 24.6 Å². The van der Waals surface area contributed by atoms with Gasteiger partial charge in [-0.3, -0.25) is 9.59 Å². The lowest BCUT2D eigenvalue weighted by molar-refractivity contribution is 0.0987. The van der Waals surface area contributed by atoms with Crippen LogP contribution in [0.2, 0.25) is 0 Å². The number of nitrogens with zero attached hydrogens (tertiary/aromatic N) is 4. The van der Waals surface area contributed by atoms with E-state index in [9.17, 15) is 9.59 Å². The predicted molar refractivity (Wildman–Crippen MR) is 79.7 cm³/mol. The molecule has 0 saturated heterocycles. The molecule has 0 aromatic carbocycles. The van der Waals surface area contributed by atoms with Crippen LogP contribution in [0.25, 0.3) is 23.1 Å². The number of carbonyl (C=O) groups is 2. The van der Waals surface area contributed by atoms with Crippen molar-refractivity contribution in [1.82, 2.24) is 19.5 Å². The van der Waals surface area contributed by atoms with Crippen LogP contribution in [-0.2, 0) is 7.05 Å². The molecule has 0 N–H and O–H groups in total. The maximum Gasteiger partial charge on any atom is 0.245 e. The number of imidazole rings is 1. The number of oxazole rings is 1. The molecule has 3 heterocycles. The first-order valence-corrected chi connectivity index (χ1v) is 6.86. The summed E-state index contributed by atoms with van der Waals surface area (Å²) >= 11 is 0. The van der Waals surface area contributed by atoms with Gasteiger partial charge < -0.3 is 8.98 Å². The molecule has 0 spiro atoms. The highest BCUT2D eigenvalue weighted by atomic mass is 16.3. The average Bonchev–Trinajstić information content (AvgIpc) is 3.20. The molecule has 0 bridgehead atoms. The fourth-order valence-corrected chi connectivity index (χ4v) is 2.52. The first-order chi connectivity index (χ1) is 11.1. The van der Waals surface area contributed by atoms with E-state index in [2.05, 4.69) is 15.0 Å². The van der Waals surface area contributed by atoms with Crippen molar-refractivity contribution in [1.29, 1.82) is 0 Å². The fraction of sp³-hybridized carbons (Fsp3) is 0.0625. The molecule has 0 atom stereocenters. The Labute approximate surface area is 130 Å². The van der Waals surface area contributed by atoms with Crippen LogP contribution in [0, 0.1) is 0 Å².